The largest absolute Gasteiger partial charge is 0.497 e. The van der Waals surface area contributed by atoms with Crippen molar-refractivity contribution in [2.24, 2.45) is 0 Å². The van der Waals surface area contributed by atoms with E-state index >= 15 is 0 Å². The summed E-state index contributed by atoms with van der Waals surface area (Å²) in [5.41, 5.74) is 3.43. The first kappa shape index (κ1) is 30.5. The molecule has 1 saturated carbocycles. The summed E-state index contributed by atoms with van der Waals surface area (Å²) >= 11 is 0. The second kappa shape index (κ2) is 13.8. The van der Waals surface area contributed by atoms with Crippen LogP contribution in [0.25, 0.3) is 0 Å². The minimum Gasteiger partial charge on any atom is -0.497 e. The van der Waals surface area contributed by atoms with Gasteiger partial charge in [-0.05, 0) is 80.5 Å². The Balaban J connectivity index is 1.77. The van der Waals surface area contributed by atoms with Gasteiger partial charge in [0.15, 0.2) is 0 Å². The van der Waals surface area contributed by atoms with Crippen LogP contribution in [0.5, 0.6) is 5.75 Å². The summed E-state index contributed by atoms with van der Waals surface area (Å²) < 4.78 is 31.9. The molecule has 2 aromatic rings. The molecule has 1 N–H and O–H groups in total. The fraction of sp³-hybridized carbons (Fsp3) is 0.533. The van der Waals surface area contributed by atoms with Crippen LogP contribution in [0.2, 0.25) is 0 Å². The Hall–Kier alpha value is -3.07. The number of hydrogen-bond acceptors (Lipinski definition) is 5. The molecule has 214 valence electrons. The third kappa shape index (κ3) is 8.71. The molecule has 1 unspecified atom stereocenters. The lowest BCUT2D eigenvalue weighted by molar-refractivity contribution is -0.141. The van der Waals surface area contributed by atoms with Crippen molar-refractivity contribution in [3.8, 4) is 5.75 Å². The van der Waals surface area contributed by atoms with Crippen LogP contribution in [0, 0.1) is 13.8 Å². The lowest BCUT2D eigenvalue weighted by atomic mass is 10.1. The van der Waals surface area contributed by atoms with E-state index in [-0.39, 0.29) is 37.4 Å². The van der Waals surface area contributed by atoms with Gasteiger partial charge in [-0.2, -0.15) is 0 Å². The van der Waals surface area contributed by atoms with Crippen LogP contribution >= 0.6 is 0 Å². The van der Waals surface area contributed by atoms with Gasteiger partial charge < -0.3 is 15.0 Å². The van der Waals surface area contributed by atoms with Crippen molar-refractivity contribution in [1.29, 1.82) is 0 Å². The average molecular weight is 558 g/mol. The lowest BCUT2D eigenvalue weighted by Gasteiger charge is -2.32. The van der Waals surface area contributed by atoms with E-state index in [2.05, 4.69) is 5.32 Å². The molecule has 8 nitrogen and oxygen atoms in total. The van der Waals surface area contributed by atoms with Gasteiger partial charge in [-0.25, -0.2) is 8.42 Å². The minimum atomic E-state index is -3.54. The van der Waals surface area contributed by atoms with Crippen LogP contribution in [0.3, 0.4) is 0 Å². The molecule has 0 aromatic heterocycles. The van der Waals surface area contributed by atoms with Crippen molar-refractivity contribution in [1.82, 2.24) is 10.2 Å². The van der Waals surface area contributed by atoms with E-state index < -0.39 is 16.1 Å². The van der Waals surface area contributed by atoms with Gasteiger partial charge in [0, 0.05) is 25.6 Å². The SMILES string of the molecule is CCC(C(=O)NC1CCCC1)N(Cc1ccc(OC)cc1)C(=O)CCCN(c1cc(C)cc(C)c1)S(C)(=O)=O. The Morgan fingerprint density at radius 3 is 2.21 bits per heavy atom. The van der Waals surface area contributed by atoms with Gasteiger partial charge in [-0.15, -0.1) is 0 Å². The number of amides is 2. The summed E-state index contributed by atoms with van der Waals surface area (Å²) in [5.74, 6) is 0.419. The second-order valence-corrected chi connectivity index (χ2v) is 12.5. The number of carbonyl (C=O) groups is 2. The summed E-state index contributed by atoms with van der Waals surface area (Å²) in [6.45, 7) is 6.23. The van der Waals surface area contributed by atoms with Crippen molar-refractivity contribution >= 4 is 27.5 Å². The van der Waals surface area contributed by atoms with Crippen molar-refractivity contribution in [2.75, 3.05) is 24.2 Å². The average Bonchev–Trinajstić information content (AvgIpc) is 3.38. The molecule has 1 fully saturated rings. The number of anilines is 1. The first-order valence-electron chi connectivity index (χ1n) is 13.8. The van der Waals surface area contributed by atoms with E-state index in [9.17, 15) is 18.0 Å². The predicted octanol–water partition coefficient (Wildman–Crippen LogP) is 4.72. The van der Waals surface area contributed by atoms with Crippen LogP contribution in [0.15, 0.2) is 42.5 Å². The highest BCUT2D eigenvalue weighted by molar-refractivity contribution is 7.92. The quantitative estimate of drug-likeness (QED) is 0.384. The van der Waals surface area contributed by atoms with Crippen molar-refractivity contribution < 1.29 is 22.7 Å². The molecule has 0 aliphatic heterocycles. The summed E-state index contributed by atoms with van der Waals surface area (Å²) in [6.07, 6.45) is 6.27. The molecule has 9 heteroatoms. The molecule has 3 rings (SSSR count). The standard InChI is InChI=1S/C30H43N3O5S/c1-6-28(30(35)31-25-10-7-8-11-25)32(21-24-13-15-27(38-4)16-14-24)29(34)12-9-17-33(39(5,36)37)26-19-22(2)18-23(3)20-26/h13-16,18-20,25,28H,6-12,17,21H2,1-5H3,(H,31,35). The van der Waals surface area contributed by atoms with Gasteiger partial charge in [0.2, 0.25) is 21.8 Å². The fourth-order valence-electron chi connectivity index (χ4n) is 5.31. The van der Waals surface area contributed by atoms with Crippen LogP contribution < -0.4 is 14.4 Å². The number of nitrogens with one attached hydrogen (secondary N) is 1. The maximum atomic E-state index is 13.6. The zero-order valence-electron chi connectivity index (χ0n) is 23.9. The summed E-state index contributed by atoms with van der Waals surface area (Å²) in [5, 5.41) is 3.16. The number of sulfonamides is 1. The molecule has 1 aliphatic rings. The first-order chi connectivity index (χ1) is 18.5. The van der Waals surface area contributed by atoms with Crippen molar-refractivity contribution in [2.45, 2.75) is 84.3 Å². The van der Waals surface area contributed by atoms with E-state index in [0.29, 0.717) is 18.5 Å². The van der Waals surface area contributed by atoms with Gasteiger partial charge in [0.25, 0.3) is 0 Å². The molecule has 0 bridgehead atoms. The number of methoxy groups -OCH3 is 1. The predicted molar refractivity (Wildman–Crippen MR) is 155 cm³/mol. The van der Waals surface area contributed by atoms with Gasteiger partial charge in [-0.3, -0.25) is 13.9 Å². The maximum Gasteiger partial charge on any atom is 0.243 e. The van der Waals surface area contributed by atoms with Crippen LogP contribution in [0.4, 0.5) is 5.69 Å². The molecule has 1 atom stereocenters. The summed E-state index contributed by atoms with van der Waals surface area (Å²) in [6, 6.07) is 12.7. The summed E-state index contributed by atoms with van der Waals surface area (Å²) in [4.78, 5) is 28.6. The number of benzene rings is 2. The highest BCUT2D eigenvalue weighted by Crippen LogP contribution is 2.23. The zero-order valence-corrected chi connectivity index (χ0v) is 24.7. The Labute approximate surface area is 233 Å². The number of rotatable bonds is 13. The summed E-state index contributed by atoms with van der Waals surface area (Å²) in [7, 11) is -1.94. The lowest BCUT2D eigenvalue weighted by Crippen LogP contribution is -2.51. The topological polar surface area (TPSA) is 96.0 Å². The third-order valence-electron chi connectivity index (χ3n) is 7.25. The molecule has 39 heavy (non-hydrogen) atoms. The molecule has 0 radical (unpaired) electrons. The van der Waals surface area contributed by atoms with E-state index in [1.807, 2.05) is 63.2 Å². The molecule has 0 saturated heterocycles. The Bertz CT molecular complexity index is 1200. The normalized spacial score (nSPS) is 14.6. The van der Waals surface area contributed by atoms with Crippen LogP contribution in [-0.4, -0.2) is 57.1 Å². The molecular weight excluding hydrogens is 514 g/mol. The monoisotopic (exact) mass is 557 g/mol. The molecule has 2 amide bonds. The Morgan fingerprint density at radius 2 is 1.67 bits per heavy atom. The molecule has 0 heterocycles. The number of hydrogen-bond donors (Lipinski definition) is 1. The van der Waals surface area contributed by atoms with Crippen molar-refractivity contribution in [3.05, 3.63) is 59.2 Å². The third-order valence-corrected chi connectivity index (χ3v) is 8.44. The van der Waals surface area contributed by atoms with Gasteiger partial charge in [0.05, 0.1) is 19.1 Å². The number of aryl methyl sites for hydroxylation is 2. The fourth-order valence-corrected chi connectivity index (χ4v) is 6.26. The van der Waals surface area contributed by atoms with Crippen LogP contribution in [-0.2, 0) is 26.2 Å². The van der Waals surface area contributed by atoms with Gasteiger partial charge >= 0.3 is 0 Å². The maximum absolute atomic E-state index is 13.6. The van der Waals surface area contributed by atoms with E-state index in [1.165, 1.54) is 10.6 Å². The van der Waals surface area contributed by atoms with E-state index in [1.54, 1.807) is 12.0 Å². The number of carbonyl (C=O) groups excluding carboxylic acids is 2. The van der Waals surface area contributed by atoms with E-state index in [0.717, 1.165) is 48.1 Å². The molecular formula is C30H43N3O5S. The van der Waals surface area contributed by atoms with Gasteiger partial charge in [0.1, 0.15) is 11.8 Å². The van der Waals surface area contributed by atoms with Gasteiger partial charge in [-0.1, -0.05) is 38.0 Å². The van der Waals surface area contributed by atoms with Crippen molar-refractivity contribution in [3.63, 3.8) is 0 Å². The zero-order chi connectivity index (χ0) is 28.6. The minimum absolute atomic E-state index is 0.125. The Kier molecular flexibility index (Phi) is 10.8. The molecule has 0 spiro atoms. The second-order valence-electron chi connectivity index (χ2n) is 10.6. The molecule has 2 aromatic carbocycles. The first-order valence-corrected chi connectivity index (χ1v) is 15.7. The van der Waals surface area contributed by atoms with Crippen LogP contribution in [0.1, 0.15) is 68.6 Å². The number of nitrogens with zero attached hydrogens (tertiary/aromatic N) is 2. The smallest absolute Gasteiger partial charge is 0.243 e. The van der Waals surface area contributed by atoms with E-state index in [4.69, 9.17) is 4.74 Å². The highest BCUT2D eigenvalue weighted by atomic mass is 32.2. The molecule has 1 aliphatic carbocycles. The Morgan fingerprint density at radius 1 is 1.05 bits per heavy atom. The number of ether oxygens (including phenoxy) is 1. The highest BCUT2D eigenvalue weighted by Gasteiger charge is 2.30.